The highest BCUT2D eigenvalue weighted by Gasteiger charge is 2.48. The predicted octanol–water partition coefficient (Wildman–Crippen LogP) is 3.13. The number of nitrogens with zero attached hydrogens (tertiary/aromatic N) is 1. The lowest BCUT2D eigenvalue weighted by Gasteiger charge is -2.38. The Hall–Kier alpha value is -2.84. The van der Waals surface area contributed by atoms with Gasteiger partial charge in [-0.1, -0.05) is 80.7 Å². The minimum Gasteiger partial charge on any atom is -0.346 e. The van der Waals surface area contributed by atoms with E-state index in [1.54, 1.807) is 4.90 Å². The van der Waals surface area contributed by atoms with Crippen molar-refractivity contribution in [2.24, 2.45) is 28.6 Å². The van der Waals surface area contributed by atoms with E-state index in [0.29, 0.717) is 38.9 Å². The summed E-state index contributed by atoms with van der Waals surface area (Å²) >= 11 is -1.82. The summed E-state index contributed by atoms with van der Waals surface area (Å²) in [6, 6.07) is -3.65. The molecule has 14 heteroatoms. The van der Waals surface area contributed by atoms with Crippen LogP contribution in [0.2, 0.25) is 0 Å². The van der Waals surface area contributed by atoms with Gasteiger partial charge in [-0.25, -0.2) is 9.00 Å². The third kappa shape index (κ3) is 13.4. The zero-order chi connectivity index (χ0) is 37.8. The van der Waals surface area contributed by atoms with E-state index in [9.17, 15) is 28.2 Å². The van der Waals surface area contributed by atoms with Gasteiger partial charge in [0.15, 0.2) is 11.1 Å². The number of nitrogens with one attached hydrogen (secondary N) is 5. The fourth-order valence-corrected chi connectivity index (χ4v) is 6.95. The monoisotopic (exact) mass is 724 g/mol. The summed E-state index contributed by atoms with van der Waals surface area (Å²) in [7, 11) is 0. The SMILES string of the molecule is C=CCNC(=O)C(=O)C(CC1CCC1)NC(=O)[C@@H]1[C@@H](C(C)C)CCN1C(=O)[C@@H](NC(=O)N[C@H](CNCCCCS(=O)O)C(C)(C)C)C(C)(C)C. The van der Waals surface area contributed by atoms with Crippen molar-refractivity contribution < 1.29 is 32.7 Å². The summed E-state index contributed by atoms with van der Waals surface area (Å²) in [6.45, 7) is 20.7. The maximum Gasteiger partial charge on any atom is 0.315 e. The number of rotatable bonds is 19. The van der Waals surface area contributed by atoms with Crippen molar-refractivity contribution in [1.82, 2.24) is 31.5 Å². The van der Waals surface area contributed by atoms with Gasteiger partial charge in [0.2, 0.25) is 17.6 Å². The zero-order valence-corrected chi connectivity index (χ0v) is 32.4. The molecule has 0 spiro atoms. The highest BCUT2D eigenvalue weighted by atomic mass is 32.2. The molecule has 1 saturated heterocycles. The number of unbranched alkanes of at least 4 members (excludes halogenated alkanes) is 1. The number of ketones is 1. The molecule has 0 aromatic heterocycles. The fraction of sp³-hybridized carbons (Fsp3) is 0.806. The van der Waals surface area contributed by atoms with Gasteiger partial charge < -0.3 is 36.0 Å². The molecule has 1 aliphatic carbocycles. The van der Waals surface area contributed by atoms with Crippen LogP contribution in [0.4, 0.5) is 4.79 Å². The van der Waals surface area contributed by atoms with E-state index in [1.165, 1.54) is 6.08 Å². The maximum atomic E-state index is 14.4. The molecule has 0 bridgehead atoms. The van der Waals surface area contributed by atoms with Crippen LogP contribution >= 0.6 is 0 Å². The molecule has 2 rings (SSSR count). The largest absolute Gasteiger partial charge is 0.346 e. The van der Waals surface area contributed by atoms with Gasteiger partial charge in [-0.2, -0.15) is 0 Å². The van der Waals surface area contributed by atoms with Crippen LogP contribution in [0.1, 0.15) is 100 Å². The highest BCUT2D eigenvalue weighted by Crippen LogP contribution is 2.34. The molecule has 0 aromatic rings. The normalized spacial score (nSPS) is 20.6. The first-order chi connectivity index (χ1) is 23.3. The molecule has 1 aliphatic heterocycles. The first-order valence-corrected chi connectivity index (χ1v) is 19.4. The van der Waals surface area contributed by atoms with Gasteiger partial charge in [-0.3, -0.25) is 19.2 Å². The Morgan fingerprint density at radius 1 is 0.960 bits per heavy atom. The molecule has 2 aliphatic rings. The number of carbonyl (C=O) groups is 5. The minimum absolute atomic E-state index is 0.0513. The third-order valence-electron chi connectivity index (χ3n) is 9.92. The van der Waals surface area contributed by atoms with Crippen molar-refractivity contribution in [3.63, 3.8) is 0 Å². The number of carbonyl (C=O) groups excluding carboxylic acids is 5. The number of hydrogen-bond donors (Lipinski definition) is 6. The van der Waals surface area contributed by atoms with Crippen LogP contribution in [0.25, 0.3) is 0 Å². The van der Waals surface area contributed by atoms with Crippen LogP contribution in [0, 0.1) is 28.6 Å². The van der Waals surface area contributed by atoms with Gasteiger partial charge in [-0.15, -0.1) is 6.58 Å². The van der Waals surface area contributed by atoms with E-state index in [4.69, 9.17) is 4.55 Å². The molecule has 286 valence electrons. The van der Waals surface area contributed by atoms with E-state index >= 15 is 0 Å². The molecule has 5 amide bonds. The Labute approximate surface area is 302 Å². The smallest absolute Gasteiger partial charge is 0.315 e. The molecule has 50 heavy (non-hydrogen) atoms. The van der Waals surface area contributed by atoms with Crippen molar-refractivity contribution >= 4 is 40.6 Å². The number of urea groups is 1. The molecular formula is C36H64N6O7S. The van der Waals surface area contributed by atoms with E-state index in [2.05, 4.69) is 33.2 Å². The summed E-state index contributed by atoms with van der Waals surface area (Å²) in [5.41, 5.74) is -1.03. The molecule has 2 unspecified atom stereocenters. The van der Waals surface area contributed by atoms with Crippen molar-refractivity contribution in [1.29, 1.82) is 0 Å². The van der Waals surface area contributed by atoms with Gasteiger partial charge in [0, 0.05) is 31.4 Å². The molecular weight excluding hydrogens is 660 g/mol. The Morgan fingerprint density at radius 2 is 1.62 bits per heavy atom. The number of hydrogen-bond acceptors (Lipinski definition) is 7. The first-order valence-electron chi connectivity index (χ1n) is 18.2. The Bertz CT molecular complexity index is 1210. The molecule has 6 N–H and O–H groups in total. The van der Waals surface area contributed by atoms with Gasteiger partial charge in [0.25, 0.3) is 5.91 Å². The van der Waals surface area contributed by atoms with Gasteiger partial charge >= 0.3 is 6.03 Å². The Kier molecular flexibility index (Phi) is 17.1. The van der Waals surface area contributed by atoms with E-state index in [0.717, 1.165) is 25.7 Å². The predicted molar refractivity (Wildman–Crippen MR) is 196 cm³/mol. The third-order valence-corrected chi connectivity index (χ3v) is 10.6. The second-order valence-corrected chi connectivity index (χ2v) is 17.5. The van der Waals surface area contributed by atoms with Crippen molar-refractivity contribution in [2.45, 2.75) is 125 Å². The van der Waals surface area contributed by atoms with Gasteiger partial charge in [0.05, 0.1) is 6.04 Å². The molecule has 13 nitrogen and oxygen atoms in total. The summed E-state index contributed by atoms with van der Waals surface area (Å²) in [5, 5.41) is 14.7. The van der Waals surface area contributed by atoms with Crippen LogP contribution < -0.4 is 26.6 Å². The summed E-state index contributed by atoms with van der Waals surface area (Å²) in [5.74, 6) is -2.02. The fourth-order valence-electron chi connectivity index (χ4n) is 6.50. The van der Waals surface area contributed by atoms with E-state index in [-0.39, 0.29) is 47.4 Å². The lowest BCUT2D eigenvalue weighted by molar-refractivity contribution is -0.145. The lowest BCUT2D eigenvalue weighted by atomic mass is 9.80. The molecule has 1 saturated carbocycles. The zero-order valence-electron chi connectivity index (χ0n) is 31.6. The molecule has 2 fully saturated rings. The second kappa shape index (κ2) is 19.7. The minimum atomic E-state index is -1.82. The summed E-state index contributed by atoms with van der Waals surface area (Å²) < 4.78 is 19.9. The van der Waals surface area contributed by atoms with Crippen LogP contribution in [0.15, 0.2) is 12.7 Å². The van der Waals surface area contributed by atoms with Gasteiger partial charge in [0.1, 0.15) is 12.1 Å². The summed E-state index contributed by atoms with van der Waals surface area (Å²) in [4.78, 5) is 69.5. The topological polar surface area (TPSA) is 186 Å². The van der Waals surface area contributed by atoms with Crippen LogP contribution in [0.5, 0.6) is 0 Å². The second-order valence-electron chi connectivity index (χ2n) is 16.4. The van der Waals surface area contributed by atoms with E-state index < -0.39 is 58.2 Å². The Balaban J connectivity index is 2.24. The van der Waals surface area contributed by atoms with Crippen molar-refractivity contribution in [3.05, 3.63) is 12.7 Å². The van der Waals surface area contributed by atoms with Crippen LogP contribution in [-0.4, -0.2) is 99.3 Å². The number of amides is 5. The van der Waals surface area contributed by atoms with Crippen LogP contribution in [0.3, 0.4) is 0 Å². The first kappa shape index (κ1) is 43.3. The quantitative estimate of drug-likeness (QED) is 0.0508. The lowest BCUT2D eigenvalue weighted by Crippen LogP contribution is -2.62. The average molecular weight is 725 g/mol. The molecule has 0 radical (unpaired) electrons. The Morgan fingerprint density at radius 3 is 2.14 bits per heavy atom. The molecule has 1 heterocycles. The van der Waals surface area contributed by atoms with Crippen molar-refractivity contribution in [3.8, 4) is 0 Å². The maximum absolute atomic E-state index is 14.4. The molecule has 0 aromatic carbocycles. The van der Waals surface area contributed by atoms with Crippen molar-refractivity contribution in [2.75, 3.05) is 31.9 Å². The summed E-state index contributed by atoms with van der Waals surface area (Å²) in [6.07, 6.45) is 6.64. The van der Waals surface area contributed by atoms with E-state index in [1.807, 2.05) is 55.4 Å². The highest BCUT2D eigenvalue weighted by molar-refractivity contribution is 7.79. The number of Topliss-reactive ketones (excluding diaryl/α,β-unsaturated/α-hetero) is 1. The average Bonchev–Trinajstić information content (AvgIpc) is 3.45. The number of likely N-dealkylation sites (tertiary alicyclic amines) is 1. The van der Waals surface area contributed by atoms with Gasteiger partial charge in [-0.05, 0) is 60.8 Å². The van der Waals surface area contributed by atoms with Crippen LogP contribution in [-0.2, 0) is 30.3 Å². The standard InChI is InChI=1S/C36H64N6O7S/c1-10-17-38-32(45)29(43)26(21-24-14-13-15-24)39-31(44)28-25(23(2)3)16-19-42(28)33(46)30(36(7,8)9)41-34(47)40-27(35(4,5)6)22-37-18-11-12-20-50(48)49/h10,23-28,30,37H,1,11-22H2,2-9H3,(H,38,45)(H,39,44)(H,48,49)(H2,40,41,47)/t25-,26?,27-,28+,30-/m1/s1. The molecule has 6 atom stereocenters.